The zero-order chi connectivity index (χ0) is 19.3. The average molecular weight is 408 g/mol. The Labute approximate surface area is 164 Å². The molecule has 27 heavy (non-hydrogen) atoms. The molecule has 0 radical (unpaired) electrons. The summed E-state index contributed by atoms with van der Waals surface area (Å²) < 4.78 is 25.5. The maximum absolute atomic E-state index is 12.9. The van der Waals surface area contributed by atoms with E-state index in [-0.39, 0.29) is 23.5 Å². The second-order valence-electron chi connectivity index (χ2n) is 7.72. The van der Waals surface area contributed by atoms with Crippen molar-refractivity contribution in [3.63, 3.8) is 0 Å². The maximum atomic E-state index is 12.9. The third-order valence-corrected chi connectivity index (χ3v) is 8.70. The molecule has 1 aliphatic heterocycles. The van der Waals surface area contributed by atoms with Gasteiger partial charge in [-0.3, -0.25) is 9.48 Å². The summed E-state index contributed by atoms with van der Waals surface area (Å²) in [5.74, 6) is 0.431. The van der Waals surface area contributed by atoms with Crippen LogP contribution in [0.2, 0.25) is 0 Å². The van der Waals surface area contributed by atoms with E-state index in [0.717, 1.165) is 34.7 Å². The molecule has 3 heterocycles. The lowest BCUT2D eigenvalue weighted by molar-refractivity contribution is 0.0789. The van der Waals surface area contributed by atoms with Crippen LogP contribution in [-0.2, 0) is 29.2 Å². The van der Waals surface area contributed by atoms with Gasteiger partial charge in [0, 0.05) is 29.7 Å². The first-order chi connectivity index (χ1) is 12.7. The minimum atomic E-state index is -2.96. The predicted octanol–water partition coefficient (Wildman–Crippen LogP) is 2.68. The Kier molecular flexibility index (Phi) is 4.66. The number of sulfone groups is 1. The molecular formula is C19H25N3O3S2. The van der Waals surface area contributed by atoms with E-state index in [2.05, 4.69) is 11.2 Å². The number of rotatable bonds is 4. The number of nitrogens with zero attached hydrogens (tertiary/aromatic N) is 3. The minimum absolute atomic E-state index is 0.0457. The Bertz CT molecular complexity index is 982. The standard InChI is InChI=1S/C19H25N3O3S2/c1-12-16(13(2)22(20-12)15-7-8-27(24,25)11-15)10-21(3)19(23)18-9-14-5-4-6-17(14)26-18/h9,15H,4-8,10-11H2,1-3H3/t15-/m1/s1. The van der Waals surface area contributed by atoms with E-state index in [1.54, 1.807) is 16.2 Å². The monoisotopic (exact) mass is 407 g/mol. The first kappa shape index (κ1) is 18.7. The van der Waals surface area contributed by atoms with Crippen molar-refractivity contribution in [1.29, 1.82) is 0 Å². The van der Waals surface area contributed by atoms with Crippen LogP contribution in [0, 0.1) is 13.8 Å². The van der Waals surface area contributed by atoms with Gasteiger partial charge in [0.05, 0.1) is 28.1 Å². The molecule has 1 atom stereocenters. The second kappa shape index (κ2) is 6.74. The molecule has 4 rings (SSSR count). The summed E-state index contributed by atoms with van der Waals surface area (Å²) in [7, 11) is -1.14. The summed E-state index contributed by atoms with van der Waals surface area (Å²) in [5.41, 5.74) is 4.17. The Balaban J connectivity index is 1.52. The van der Waals surface area contributed by atoms with Gasteiger partial charge < -0.3 is 4.90 Å². The van der Waals surface area contributed by atoms with E-state index in [1.807, 2.05) is 25.6 Å². The van der Waals surface area contributed by atoms with Gasteiger partial charge >= 0.3 is 0 Å². The van der Waals surface area contributed by atoms with Gasteiger partial charge in [0.1, 0.15) is 0 Å². The molecular weight excluding hydrogens is 382 g/mol. The van der Waals surface area contributed by atoms with Crippen LogP contribution in [0.5, 0.6) is 0 Å². The summed E-state index contributed by atoms with van der Waals surface area (Å²) in [6.45, 7) is 4.39. The Morgan fingerprint density at radius 3 is 2.81 bits per heavy atom. The molecule has 1 amide bonds. The fraction of sp³-hybridized carbons (Fsp3) is 0.579. The molecule has 0 bridgehead atoms. The van der Waals surface area contributed by atoms with E-state index in [4.69, 9.17) is 0 Å². The van der Waals surface area contributed by atoms with Crippen molar-refractivity contribution in [2.45, 2.75) is 52.1 Å². The maximum Gasteiger partial charge on any atom is 0.263 e. The van der Waals surface area contributed by atoms with Crippen LogP contribution in [0.25, 0.3) is 0 Å². The third-order valence-electron chi connectivity index (χ3n) is 5.73. The molecule has 1 fully saturated rings. The second-order valence-corrected chi connectivity index (χ2v) is 11.1. The lowest BCUT2D eigenvalue weighted by Crippen LogP contribution is -2.26. The van der Waals surface area contributed by atoms with Crippen molar-refractivity contribution in [3.05, 3.63) is 38.3 Å². The van der Waals surface area contributed by atoms with Gasteiger partial charge in [-0.25, -0.2) is 8.42 Å². The molecule has 0 N–H and O–H groups in total. The number of carbonyl (C=O) groups is 1. The van der Waals surface area contributed by atoms with Crippen LogP contribution in [0.15, 0.2) is 6.07 Å². The first-order valence-corrected chi connectivity index (χ1v) is 12.0. The zero-order valence-corrected chi connectivity index (χ0v) is 17.6. The van der Waals surface area contributed by atoms with E-state index < -0.39 is 9.84 Å². The molecule has 0 spiro atoms. The molecule has 0 saturated carbocycles. The van der Waals surface area contributed by atoms with E-state index in [9.17, 15) is 13.2 Å². The normalized spacial score (nSPS) is 20.8. The fourth-order valence-electron chi connectivity index (χ4n) is 4.18. The number of hydrogen-bond acceptors (Lipinski definition) is 5. The highest BCUT2D eigenvalue weighted by atomic mass is 32.2. The largest absolute Gasteiger partial charge is 0.337 e. The Hall–Kier alpha value is -1.67. The van der Waals surface area contributed by atoms with Crippen LogP contribution in [0.1, 0.15) is 55.9 Å². The van der Waals surface area contributed by atoms with Gasteiger partial charge in [0.15, 0.2) is 9.84 Å². The van der Waals surface area contributed by atoms with E-state index in [0.29, 0.717) is 13.0 Å². The number of amides is 1. The number of aryl methyl sites for hydroxylation is 3. The van der Waals surface area contributed by atoms with Crippen molar-refractivity contribution in [2.24, 2.45) is 0 Å². The van der Waals surface area contributed by atoms with Gasteiger partial charge in [-0.05, 0) is 51.2 Å². The van der Waals surface area contributed by atoms with Crippen molar-refractivity contribution in [2.75, 3.05) is 18.6 Å². The number of aromatic nitrogens is 2. The van der Waals surface area contributed by atoms with E-state index in [1.165, 1.54) is 16.9 Å². The van der Waals surface area contributed by atoms with Crippen molar-refractivity contribution in [3.8, 4) is 0 Å². The lowest BCUT2D eigenvalue weighted by atomic mass is 10.1. The van der Waals surface area contributed by atoms with Crippen LogP contribution >= 0.6 is 11.3 Å². The molecule has 2 aromatic rings. The average Bonchev–Trinajstić information content (AvgIpc) is 3.33. The van der Waals surface area contributed by atoms with Gasteiger partial charge in [0.2, 0.25) is 0 Å². The number of hydrogen-bond donors (Lipinski definition) is 0. The SMILES string of the molecule is Cc1nn([C@@H]2CCS(=O)(=O)C2)c(C)c1CN(C)C(=O)c1cc2c(s1)CCC2. The highest BCUT2D eigenvalue weighted by Gasteiger charge is 2.32. The fourth-order valence-corrected chi connectivity index (χ4v) is 7.12. The molecule has 146 valence electrons. The molecule has 6 nitrogen and oxygen atoms in total. The number of carbonyl (C=O) groups excluding carboxylic acids is 1. The van der Waals surface area contributed by atoms with Crippen LogP contribution in [-0.4, -0.2) is 47.6 Å². The molecule has 8 heteroatoms. The lowest BCUT2D eigenvalue weighted by Gasteiger charge is -2.17. The van der Waals surface area contributed by atoms with Gasteiger partial charge in [-0.15, -0.1) is 11.3 Å². The third kappa shape index (κ3) is 3.45. The van der Waals surface area contributed by atoms with Crippen molar-refractivity contribution in [1.82, 2.24) is 14.7 Å². The first-order valence-electron chi connectivity index (χ1n) is 9.37. The van der Waals surface area contributed by atoms with Crippen LogP contribution in [0.4, 0.5) is 0 Å². The molecule has 2 aliphatic rings. The molecule has 0 unspecified atom stereocenters. The zero-order valence-electron chi connectivity index (χ0n) is 16.0. The smallest absolute Gasteiger partial charge is 0.263 e. The predicted molar refractivity (Wildman–Crippen MR) is 106 cm³/mol. The highest BCUT2D eigenvalue weighted by Crippen LogP contribution is 2.32. The van der Waals surface area contributed by atoms with Crippen LogP contribution < -0.4 is 0 Å². The molecule has 1 aliphatic carbocycles. The highest BCUT2D eigenvalue weighted by molar-refractivity contribution is 7.91. The van der Waals surface area contributed by atoms with Crippen molar-refractivity contribution >= 4 is 27.1 Å². The minimum Gasteiger partial charge on any atom is -0.337 e. The molecule has 2 aromatic heterocycles. The van der Waals surface area contributed by atoms with Gasteiger partial charge in [0.25, 0.3) is 5.91 Å². The van der Waals surface area contributed by atoms with Crippen molar-refractivity contribution < 1.29 is 13.2 Å². The molecule has 0 aromatic carbocycles. The van der Waals surface area contributed by atoms with Crippen LogP contribution in [0.3, 0.4) is 0 Å². The Morgan fingerprint density at radius 1 is 1.37 bits per heavy atom. The number of fused-ring (bicyclic) bond motifs is 1. The molecule has 1 saturated heterocycles. The summed E-state index contributed by atoms with van der Waals surface area (Å²) in [5, 5.41) is 4.60. The number of thiophene rings is 1. The Morgan fingerprint density at radius 2 is 2.15 bits per heavy atom. The summed E-state index contributed by atoms with van der Waals surface area (Å²) in [4.78, 5) is 16.8. The van der Waals surface area contributed by atoms with E-state index >= 15 is 0 Å². The van der Waals surface area contributed by atoms with Gasteiger partial charge in [-0.2, -0.15) is 5.10 Å². The summed E-state index contributed by atoms with van der Waals surface area (Å²) >= 11 is 1.62. The summed E-state index contributed by atoms with van der Waals surface area (Å²) in [6, 6.07) is 1.96. The summed E-state index contributed by atoms with van der Waals surface area (Å²) in [6.07, 6.45) is 3.98. The quantitative estimate of drug-likeness (QED) is 0.781. The van der Waals surface area contributed by atoms with Gasteiger partial charge in [-0.1, -0.05) is 0 Å². The topological polar surface area (TPSA) is 72.3 Å².